The van der Waals surface area contributed by atoms with E-state index in [4.69, 9.17) is 14.2 Å². The summed E-state index contributed by atoms with van der Waals surface area (Å²) in [5.41, 5.74) is 1.75. The molecule has 168 valence electrons. The highest BCUT2D eigenvalue weighted by molar-refractivity contribution is 5.94. The number of carbonyl (C=O) groups excluding carboxylic acids is 1. The smallest absolute Gasteiger partial charge is 0.251 e. The van der Waals surface area contributed by atoms with Crippen molar-refractivity contribution in [3.8, 4) is 17.2 Å². The molecule has 0 spiro atoms. The van der Waals surface area contributed by atoms with Crippen molar-refractivity contribution in [1.82, 2.24) is 16.0 Å². The van der Waals surface area contributed by atoms with Gasteiger partial charge in [0, 0.05) is 50.9 Å². The maximum absolute atomic E-state index is 11.7. The van der Waals surface area contributed by atoms with E-state index in [1.807, 2.05) is 30.3 Å². The van der Waals surface area contributed by atoms with Gasteiger partial charge in [-0.05, 0) is 30.5 Å². The van der Waals surface area contributed by atoms with Gasteiger partial charge in [-0.3, -0.25) is 9.79 Å². The largest absolute Gasteiger partial charge is 0.496 e. The monoisotopic (exact) mass is 428 g/mol. The number of amides is 1. The number of guanidine groups is 1. The third-order valence-corrected chi connectivity index (χ3v) is 4.55. The molecule has 0 unspecified atom stereocenters. The molecule has 0 bridgehead atoms. The molecule has 0 aliphatic heterocycles. The molecule has 0 saturated carbocycles. The lowest BCUT2D eigenvalue weighted by molar-refractivity contribution is 0.0963. The van der Waals surface area contributed by atoms with Gasteiger partial charge >= 0.3 is 0 Å². The predicted octanol–water partition coefficient (Wildman–Crippen LogP) is 2.24. The first-order valence-electron chi connectivity index (χ1n) is 10.2. The molecule has 31 heavy (non-hydrogen) atoms. The second kappa shape index (κ2) is 13.0. The van der Waals surface area contributed by atoms with Crippen LogP contribution in [0.15, 0.2) is 47.5 Å². The molecule has 0 aliphatic carbocycles. The topological polar surface area (TPSA) is 93.2 Å². The molecule has 0 aliphatic rings. The first-order chi connectivity index (χ1) is 15.1. The van der Waals surface area contributed by atoms with E-state index in [9.17, 15) is 4.79 Å². The van der Waals surface area contributed by atoms with Crippen LogP contribution in [0.3, 0.4) is 0 Å². The number of nitrogens with zero attached hydrogens (tertiary/aromatic N) is 1. The molecule has 8 nitrogen and oxygen atoms in total. The van der Waals surface area contributed by atoms with Gasteiger partial charge in [0.1, 0.15) is 17.2 Å². The van der Waals surface area contributed by atoms with E-state index >= 15 is 0 Å². The van der Waals surface area contributed by atoms with Gasteiger partial charge in [0.2, 0.25) is 0 Å². The van der Waals surface area contributed by atoms with Crippen LogP contribution in [0.1, 0.15) is 22.3 Å². The number of carbonyl (C=O) groups is 1. The van der Waals surface area contributed by atoms with Crippen molar-refractivity contribution in [1.29, 1.82) is 0 Å². The first kappa shape index (κ1) is 23.9. The van der Waals surface area contributed by atoms with Crippen LogP contribution in [0, 0.1) is 0 Å². The van der Waals surface area contributed by atoms with Gasteiger partial charge in [0.25, 0.3) is 5.91 Å². The molecular formula is C23H32N4O4. The van der Waals surface area contributed by atoms with Crippen LogP contribution in [0.2, 0.25) is 0 Å². The fourth-order valence-corrected chi connectivity index (χ4v) is 2.89. The number of benzene rings is 2. The number of nitrogens with one attached hydrogen (secondary N) is 3. The average Bonchev–Trinajstić information content (AvgIpc) is 2.81. The minimum Gasteiger partial charge on any atom is -0.496 e. The van der Waals surface area contributed by atoms with Crippen molar-refractivity contribution in [2.24, 2.45) is 4.99 Å². The van der Waals surface area contributed by atoms with Crippen LogP contribution < -0.4 is 30.2 Å². The molecular weight excluding hydrogens is 396 g/mol. The fourth-order valence-electron chi connectivity index (χ4n) is 2.89. The lowest BCUT2D eigenvalue weighted by Crippen LogP contribution is -2.39. The van der Waals surface area contributed by atoms with Gasteiger partial charge in [-0.15, -0.1) is 0 Å². The van der Waals surface area contributed by atoms with Crippen LogP contribution in [0.5, 0.6) is 17.2 Å². The molecule has 0 radical (unpaired) electrons. The molecule has 0 heterocycles. The average molecular weight is 429 g/mol. The first-order valence-corrected chi connectivity index (χ1v) is 10.2. The van der Waals surface area contributed by atoms with Gasteiger partial charge in [-0.2, -0.15) is 0 Å². The number of rotatable bonds is 11. The van der Waals surface area contributed by atoms with Gasteiger partial charge < -0.3 is 30.2 Å². The summed E-state index contributed by atoms with van der Waals surface area (Å²) in [6.45, 7) is 1.97. The Balaban J connectivity index is 1.69. The van der Waals surface area contributed by atoms with Gasteiger partial charge in [-0.1, -0.05) is 12.1 Å². The lowest BCUT2D eigenvalue weighted by atomic mass is 10.1. The van der Waals surface area contributed by atoms with Crippen LogP contribution >= 0.6 is 0 Å². The molecule has 2 aromatic rings. The van der Waals surface area contributed by atoms with Gasteiger partial charge in [0.05, 0.1) is 20.8 Å². The van der Waals surface area contributed by atoms with E-state index < -0.39 is 0 Å². The van der Waals surface area contributed by atoms with E-state index in [1.54, 1.807) is 40.4 Å². The molecule has 2 aromatic carbocycles. The number of methoxy groups -OCH3 is 2. The van der Waals surface area contributed by atoms with E-state index in [0.29, 0.717) is 42.5 Å². The maximum Gasteiger partial charge on any atom is 0.251 e. The minimum absolute atomic E-state index is 0.0816. The summed E-state index contributed by atoms with van der Waals surface area (Å²) in [4.78, 5) is 16.0. The minimum atomic E-state index is -0.0816. The Kier molecular flexibility index (Phi) is 10.0. The Labute approximate surface area is 184 Å². The van der Waals surface area contributed by atoms with Crippen LogP contribution in [-0.2, 0) is 6.42 Å². The van der Waals surface area contributed by atoms with Crippen molar-refractivity contribution >= 4 is 11.9 Å². The Bertz CT molecular complexity index is 848. The Morgan fingerprint density at radius 3 is 2.29 bits per heavy atom. The fraction of sp³-hybridized carbons (Fsp3) is 0.391. The van der Waals surface area contributed by atoms with Crippen molar-refractivity contribution in [3.05, 3.63) is 53.6 Å². The molecule has 8 heteroatoms. The number of hydrogen-bond donors (Lipinski definition) is 3. The third-order valence-electron chi connectivity index (χ3n) is 4.55. The summed E-state index contributed by atoms with van der Waals surface area (Å²) in [5.74, 6) is 2.74. The van der Waals surface area contributed by atoms with Crippen LogP contribution in [0.4, 0.5) is 0 Å². The molecule has 0 atom stereocenters. The lowest BCUT2D eigenvalue weighted by Gasteiger charge is -2.13. The summed E-state index contributed by atoms with van der Waals surface area (Å²) in [7, 11) is 6.59. The van der Waals surface area contributed by atoms with E-state index in [-0.39, 0.29) is 5.91 Å². The summed E-state index contributed by atoms with van der Waals surface area (Å²) in [6.07, 6.45) is 1.58. The van der Waals surface area contributed by atoms with Gasteiger partial charge in [-0.25, -0.2) is 0 Å². The summed E-state index contributed by atoms with van der Waals surface area (Å²) >= 11 is 0. The Hall–Kier alpha value is -3.42. The third kappa shape index (κ3) is 8.08. The summed E-state index contributed by atoms with van der Waals surface area (Å²) in [5, 5.41) is 9.20. The van der Waals surface area contributed by atoms with Crippen molar-refractivity contribution in [2.45, 2.75) is 12.8 Å². The molecule has 1 amide bonds. The predicted molar refractivity (Wildman–Crippen MR) is 123 cm³/mol. The standard InChI is InChI=1S/C23H32N4O4/c1-24-22(28)18-8-5-7-17(13-18)9-11-27-23(25-2)26-10-6-12-31-21-15-19(29-3)14-20(16-21)30-4/h5,7-8,13-16H,6,9-12H2,1-4H3,(H,24,28)(H2,25,26,27). The molecule has 2 rings (SSSR count). The van der Waals surface area contributed by atoms with Crippen molar-refractivity contribution in [2.75, 3.05) is 48.0 Å². The number of hydrogen-bond acceptors (Lipinski definition) is 5. The molecule has 0 fully saturated rings. The molecule has 0 aromatic heterocycles. The highest BCUT2D eigenvalue weighted by Crippen LogP contribution is 2.27. The zero-order valence-electron chi connectivity index (χ0n) is 18.7. The SMILES string of the molecule is CN=C(NCCCOc1cc(OC)cc(OC)c1)NCCc1cccc(C(=O)NC)c1. The molecule has 3 N–H and O–H groups in total. The quantitative estimate of drug-likeness (QED) is 0.289. The second-order valence-corrected chi connectivity index (χ2v) is 6.71. The van der Waals surface area contributed by atoms with E-state index in [1.165, 1.54) is 0 Å². The second-order valence-electron chi connectivity index (χ2n) is 6.71. The van der Waals surface area contributed by atoms with Crippen molar-refractivity contribution in [3.63, 3.8) is 0 Å². The number of aliphatic imine (C=N–C) groups is 1. The van der Waals surface area contributed by atoms with Crippen molar-refractivity contribution < 1.29 is 19.0 Å². The summed E-state index contributed by atoms with van der Waals surface area (Å²) < 4.78 is 16.3. The van der Waals surface area contributed by atoms with Gasteiger partial charge in [0.15, 0.2) is 5.96 Å². The zero-order chi connectivity index (χ0) is 22.5. The van der Waals surface area contributed by atoms with Crippen LogP contribution in [-0.4, -0.2) is 59.9 Å². The molecule has 0 saturated heterocycles. The highest BCUT2D eigenvalue weighted by atomic mass is 16.5. The zero-order valence-corrected chi connectivity index (χ0v) is 18.7. The number of ether oxygens (including phenoxy) is 3. The van der Waals surface area contributed by atoms with E-state index in [0.717, 1.165) is 24.4 Å². The summed E-state index contributed by atoms with van der Waals surface area (Å²) in [6, 6.07) is 13.1. The Morgan fingerprint density at radius 2 is 1.65 bits per heavy atom. The Morgan fingerprint density at radius 1 is 0.968 bits per heavy atom. The normalized spacial score (nSPS) is 10.9. The maximum atomic E-state index is 11.7. The highest BCUT2D eigenvalue weighted by Gasteiger charge is 2.05. The van der Waals surface area contributed by atoms with E-state index in [2.05, 4.69) is 20.9 Å². The van der Waals surface area contributed by atoms with Crippen LogP contribution in [0.25, 0.3) is 0 Å².